The molecule has 0 fully saturated rings. The molecule has 1 rings (SSSR count). The molecule has 0 amide bonds. The van der Waals surface area contributed by atoms with Crippen LogP contribution in [0.5, 0.6) is 0 Å². The first-order chi connectivity index (χ1) is 6.43. The lowest BCUT2D eigenvalue weighted by atomic mass is 10.2. The van der Waals surface area contributed by atoms with Crippen LogP contribution in [-0.2, 0) is 0 Å². The molecule has 5 nitrogen and oxygen atoms in total. The van der Waals surface area contributed by atoms with Crippen LogP contribution in [0.4, 0.5) is 20.3 Å². The number of hydrogen-bond acceptors (Lipinski definition) is 4. The van der Waals surface area contributed by atoms with Crippen LogP contribution in [-0.4, -0.2) is 9.91 Å². The van der Waals surface area contributed by atoms with Gasteiger partial charge in [0.15, 0.2) is 0 Å². The highest BCUT2D eigenvalue weighted by atomic mass is 19.3. The van der Waals surface area contributed by atoms with Gasteiger partial charge in [-0.3, -0.25) is 10.1 Å². The minimum absolute atomic E-state index is 0.235. The number of aryl methyl sites for hydroxylation is 1. The van der Waals surface area contributed by atoms with Gasteiger partial charge in [-0.25, -0.2) is 13.8 Å². The van der Waals surface area contributed by atoms with Crippen molar-refractivity contribution in [2.24, 2.45) is 0 Å². The molecule has 0 aliphatic carbocycles. The molecule has 0 spiro atoms. The fourth-order valence-corrected chi connectivity index (χ4v) is 1.06. The maximum absolute atomic E-state index is 12.4. The summed E-state index contributed by atoms with van der Waals surface area (Å²) in [7, 11) is 0. The van der Waals surface area contributed by atoms with E-state index in [1.807, 2.05) is 0 Å². The summed E-state index contributed by atoms with van der Waals surface area (Å²) in [6, 6.07) is 0.970. The van der Waals surface area contributed by atoms with Crippen molar-refractivity contribution in [3.05, 3.63) is 27.4 Å². The summed E-state index contributed by atoms with van der Waals surface area (Å²) < 4.78 is 24.7. The molecule has 7 heteroatoms. The van der Waals surface area contributed by atoms with E-state index >= 15 is 0 Å². The van der Waals surface area contributed by atoms with Crippen LogP contribution in [0.2, 0.25) is 0 Å². The van der Waals surface area contributed by atoms with E-state index in [4.69, 9.17) is 5.73 Å². The third kappa shape index (κ3) is 1.76. The van der Waals surface area contributed by atoms with Crippen molar-refractivity contribution in [3.63, 3.8) is 0 Å². The highest BCUT2D eigenvalue weighted by Gasteiger charge is 2.25. The second-order valence-electron chi connectivity index (χ2n) is 2.64. The third-order valence-electron chi connectivity index (χ3n) is 1.61. The van der Waals surface area contributed by atoms with Crippen molar-refractivity contribution >= 4 is 11.5 Å². The van der Waals surface area contributed by atoms with Crippen LogP contribution < -0.4 is 5.73 Å². The molecule has 76 valence electrons. The monoisotopic (exact) mass is 203 g/mol. The van der Waals surface area contributed by atoms with Crippen LogP contribution in [0.1, 0.15) is 17.7 Å². The van der Waals surface area contributed by atoms with Gasteiger partial charge in [-0.05, 0) is 6.92 Å². The standard InChI is InChI=1S/C7H7F2N3O2/c1-3-2-4(12(13)14)5(6(8)9)7(10)11-3/h2,6H,1H3,(H2,10,11). The summed E-state index contributed by atoms with van der Waals surface area (Å²) in [6.45, 7) is 1.44. The number of halogens is 2. The van der Waals surface area contributed by atoms with Crippen LogP contribution in [0.25, 0.3) is 0 Å². The summed E-state index contributed by atoms with van der Waals surface area (Å²) >= 11 is 0. The summed E-state index contributed by atoms with van der Waals surface area (Å²) in [5.41, 5.74) is 3.89. The van der Waals surface area contributed by atoms with E-state index < -0.39 is 28.4 Å². The second-order valence-corrected chi connectivity index (χ2v) is 2.64. The number of nitro groups is 1. The van der Waals surface area contributed by atoms with Crippen molar-refractivity contribution in [1.82, 2.24) is 4.98 Å². The van der Waals surface area contributed by atoms with Gasteiger partial charge in [0.25, 0.3) is 12.1 Å². The third-order valence-corrected chi connectivity index (χ3v) is 1.61. The molecule has 0 atom stereocenters. The molecule has 0 radical (unpaired) electrons. The van der Waals surface area contributed by atoms with Gasteiger partial charge in [-0.2, -0.15) is 0 Å². The Hall–Kier alpha value is -1.79. The maximum Gasteiger partial charge on any atom is 0.283 e. The number of nitrogens with two attached hydrogens (primary N) is 1. The Morgan fingerprint density at radius 3 is 2.64 bits per heavy atom. The van der Waals surface area contributed by atoms with Gasteiger partial charge in [0, 0.05) is 11.8 Å². The highest BCUT2D eigenvalue weighted by Crippen LogP contribution is 2.32. The lowest BCUT2D eigenvalue weighted by Gasteiger charge is -2.05. The Bertz CT molecular complexity index is 381. The number of nitrogen functional groups attached to an aromatic ring is 1. The Kier molecular flexibility index (Phi) is 2.59. The number of anilines is 1. The van der Waals surface area contributed by atoms with Crippen LogP contribution in [0.15, 0.2) is 6.07 Å². The minimum Gasteiger partial charge on any atom is -0.383 e. The fourth-order valence-electron chi connectivity index (χ4n) is 1.06. The van der Waals surface area contributed by atoms with Gasteiger partial charge in [0.05, 0.1) is 4.92 Å². The predicted octanol–water partition coefficient (Wildman–Crippen LogP) is 1.82. The van der Waals surface area contributed by atoms with Crippen molar-refractivity contribution in [3.8, 4) is 0 Å². The number of alkyl halides is 2. The number of rotatable bonds is 2. The van der Waals surface area contributed by atoms with Gasteiger partial charge in [0.2, 0.25) is 0 Å². The molecule has 1 aromatic rings. The van der Waals surface area contributed by atoms with E-state index in [9.17, 15) is 18.9 Å². The largest absolute Gasteiger partial charge is 0.383 e. The summed E-state index contributed by atoms with van der Waals surface area (Å²) in [5, 5.41) is 10.4. The Labute approximate surface area is 77.7 Å². The molecule has 1 heterocycles. The first kappa shape index (κ1) is 10.3. The van der Waals surface area contributed by atoms with E-state index in [-0.39, 0.29) is 5.69 Å². The van der Waals surface area contributed by atoms with Crippen LogP contribution in [0, 0.1) is 17.0 Å². The fraction of sp³-hybridized carbons (Fsp3) is 0.286. The van der Waals surface area contributed by atoms with Crippen molar-refractivity contribution < 1.29 is 13.7 Å². The van der Waals surface area contributed by atoms with E-state index in [0.717, 1.165) is 6.07 Å². The van der Waals surface area contributed by atoms with Crippen molar-refractivity contribution in [1.29, 1.82) is 0 Å². The molecule has 0 aromatic carbocycles. The normalized spacial score (nSPS) is 10.6. The summed E-state index contributed by atoms with van der Waals surface area (Å²) in [5.74, 6) is -0.494. The second kappa shape index (κ2) is 3.52. The Morgan fingerprint density at radius 1 is 1.64 bits per heavy atom. The molecule has 0 saturated heterocycles. The molecule has 2 N–H and O–H groups in total. The lowest BCUT2D eigenvalue weighted by Crippen LogP contribution is -2.04. The lowest BCUT2D eigenvalue weighted by molar-refractivity contribution is -0.386. The minimum atomic E-state index is -3.00. The van der Waals surface area contributed by atoms with Gasteiger partial charge < -0.3 is 5.73 Å². The first-order valence-electron chi connectivity index (χ1n) is 3.63. The highest BCUT2D eigenvalue weighted by molar-refractivity contribution is 5.54. The maximum atomic E-state index is 12.4. The zero-order chi connectivity index (χ0) is 10.9. The van der Waals surface area contributed by atoms with Gasteiger partial charge in [-0.15, -0.1) is 0 Å². The molecular formula is C7H7F2N3O2. The molecule has 0 aliphatic rings. The van der Waals surface area contributed by atoms with Crippen LogP contribution >= 0.6 is 0 Å². The molecule has 0 unspecified atom stereocenters. The number of aromatic nitrogens is 1. The number of pyridine rings is 1. The van der Waals surface area contributed by atoms with Gasteiger partial charge in [-0.1, -0.05) is 0 Å². The first-order valence-corrected chi connectivity index (χ1v) is 3.63. The van der Waals surface area contributed by atoms with E-state index in [1.54, 1.807) is 0 Å². The Balaban J connectivity index is 3.44. The Morgan fingerprint density at radius 2 is 2.21 bits per heavy atom. The van der Waals surface area contributed by atoms with Gasteiger partial charge in [0.1, 0.15) is 11.4 Å². The van der Waals surface area contributed by atoms with Gasteiger partial charge >= 0.3 is 0 Å². The predicted molar refractivity (Wildman–Crippen MR) is 45.0 cm³/mol. The molecule has 0 bridgehead atoms. The van der Waals surface area contributed by atoms with Crippen LogP contribution in [0.3, 0.4) is 0 Å². The zero-order valence-electron chi connectivity index (χ0n) is 7.20. The van der Waals surface area contributed by atoms with E-state index in [2.05, 4.69) is 4.98 Å². The number of nitrogens with zero attached hydrogens (tertiary/aromatic N) is 2. The average molecular weight is 203 g/mol. The molecular weight excluding hydrogens is 196 g/mol. The summed E-state index contributed by atoms with van der Waals surface area (Å²) in [6.07, 6.45) is -3.00. The number of hydrogen-bond donors (Lipinski definition) is 1. The van der Waals surface area contributed by atoms with E-state index in [1.165, 1.54) is 6.92 Å². The SMILES string of the molecule is Cc1cc([N+](=O)[O-])c(C(F)F)c(N)n1. The smallest absolute Gasteiger partial charge is 0.283 e. The molecule has 0 aliphatic heterocycles. The quantitative estimate of drug-likeness (QED) is 0.587. The molecule has 14 heavy (non-hydrogen) atoms. The van der Waals surface area contributed by atoms with Crippen molar-refractivity contribution in [2.45, 2.75) is 13.3 Å². The average Bonchev–Trinajstić information content (AvgIpc) is 2.01. The summed E-state index contributed by atoms with van der Waals surface area (Å²) in [4.78, 5) is 13.1. The molecule has 1 aromatic heterocycles. The zero-order valence-corrected chi connectivity index (χ0v) is 7.20. The van der Waals surface area contributed by atoms with Crippen molar-refractivity contribution in [2.75, 3.05) is 5.73 Å². The molecule has 0 saturated carbocycles. The van der Waals surface area contributed by atoms with E-state index in [0.29, 0.717) is 0 Å². The topological polar surface area (TPSA) is 82.0 Å².